The number of amides is 2. The van der Waals surface area contributed by atoms with Crippen LogP contribution in [0.5, 0.6) is 0 Å². The van der Waals surface area contributed by atoms with Crippen LogP contribution in [0.2, 0.25) is 0 Å². The Hall–Kier alpha value is -2.78. The molecule has 134 valence electrons. The highest BCUT2D eigenvalue weighted by atomic mass is 19.4. The van der Waals surface area contributed by atoms with Gasteiger partial charge in [-0.05, 0) is 17.7 Å². The molecule has 1 aliphatic rings. The molecule has 2 heterocycles. The van der Waals surface area contributed by atoms with Crippen molar-refractivity contribution in [1.29, 1.82) is 0 Å². The van der Waals surface area contributed by atoms with E-state index in [-0.39, 0.29) is 12.6 Å². The van der Waals surface area contributed by atoms with Crippen molar-refractivity contribution in [2.24, 2.45) is 0 Å². The Morgan fingerprint density at radius 3 is 2.40 bits per heavy atom. The van der Waals surface area contributed by atoms with Crippen LogP contribution < -0.4 is 10.2 Å². The van der Waals surface area contributed by atoms with Crippen molar-refractivity contribution in [1.82, 2.24) is 25.4 Å². The summed E-state index contributed by atoms with van der Waals surface area (Å²) in [5.41, 5.74) is -0.0900. The van der Waals surface area contributed by atoms with E-state index in [1.165, 1.54) is 18.5 Å². The van der Waals surface area contributed by atoms with Crippen LogP contribution >= 0.6 is 0 Å². The summed E-state index contributed by atoms with van der Waals surface area (Å²) in [6, 6.07) is 4.52. The molecular formula is C15H17F3N6O. The Morgan fingerprint density at radius 2 is 1.84 bits per heavy atom. The van der Waals surface area contributed by atoms with Crippen LogP contribution in [-0.4, -0.2) is 52.3 Å². The maximum Gasteiger partial charge on any atom is 0.416 e. The molecule has 0 unspecified atom stereocenters. The molecule has 2 amide bonds. The second kappa shape index (κ2) is 6.99. The molecule has 10 heteroatoms. The lowest BCUT2D eigenvalue weighted by atomic mass is 10.1. The van der Waals surface area contributed by atoms with Crippen LogP contribution in [0.25, 0.3) is 0 Å². The molecule has 0 spiro atoms. The van der Waals surface area contributed by atoms with Gasteiger partial charge in [-0.15, -0.1) is 0 Å². The average Bonchev–Trinajstić information content (AvgIpc) is 3.14. The number of carbonyl (C=O) groups excluding carboxylic acids is 1. The van der Waals surface area contributed by atoms with Gasteiger partial charge in [-0.25, -0.2) is 9.89 Å². The Morgan fingerprint density at radius 1 is 1.16 bits per heavy atom. The van der Waals surface area contributed by atoms with E-state index in [1.54, 1.807) is 4.90 Å². The minimum absolute atomic E-state index is 0.180. The minimum atomic E-state index is -4.36. The molecule has 0 saturated carbocycles. The second-order valence-electron chi connectivity index (χ2n) is 5.64. The van der Waals surface area contributed by atoms with Crippen molar-refractivity contribution in [3.8, 4) is 0 Å². The number of benzene rings is 1. The molecular weight excluding hydrogens is 337 g/mol. The zero-order valence-corrected chi connectivity index (χ0v) is 13.3. The fourth-order valence-corrected chi connectivity index (χ4v) is 2.57. The molecule has 2 aromatic rings. The molecule has 1 fully saturated rings. The first-order chi connectivity index (χ1) is 11.9. The summed E-state index contributed by atoms with van der Waals surface area (Å²) in [7, 11) is 0. The van der Waals surface area contributed by atoms with E-state index >= 15 is 0 Å². The number of halogens is 3. The van der Waals surface area contributed by atoms with Gasteiger partial charge in [-0.1, -0.05) is 12.1 Å². The molecule has 1 aliphatic heterocycles. The van der Waals surface area contributed by atoms with E-state index in [2.05, 4.69) is 20.5 Å². The zero-order chi connectivity index (χ0) is 17.9. The molecule has 1 aromatic heterocycles. The van der Waals surface area contributed by atoms with Gasteiger partial charge in [0.15, 0.2) is 0 Å². The van der Waals surface area contributed by atoms with Crippen LogP contribution in [0.15, 0.2) is 30.6 Å². The van der Waals surface area contributed by atoms with Crippen molar-refractivity contribution in [3.63, 3.8) is 0 Å². The molecule has 2 N–H and O–H groups in total. The second-order valence-corrected chi connectivity index (χ2v) is 5.64. The summed E-state index contributed by atoms with van der Waals surface area (Å²) in [4.78, 5) is 19.9. The first kappa shape index (κ1) is 17.1. The number of aromatic amines is 1. The van der Waals surface area contributed by atoms with Gasteiger partial charge in [0, 0.05) is 32.7 Å². The number of hydrogen-bond acceptors (Lipinski definition) is 4. The number of rotatable bonds is 3. The minimum Gasteiger partial charge on any atom is -0.338 e. The topological polar surface area (TPSA) is 77.2 Å². The lowest BCUT2D eigenvalue weighted by Gasteiger charge is -2.34. The molecule has 0 atom stereocenters. The van der Waals surface area contributed by atoms with E-state index in [4.69, 9.17) is 0 Å². The average molecular weight is 354 g/mol. The fourth-order valence-electron chi connectivity index (χ4n) is 2.57. The van der Waals surface area contributed by atoms with Crippen molar-refractivity contribution in [3.05, 3.63) is 41.7 Å². The highest BCUT2D eigenvalue weighted by Crippen LogP contribution is 2.29. The summed E-state index contributed by atoms with van der Waals surface area (Å²) < 4.78 is 37.6. The maximum atomic E-state index is 12.5. The normalized spacial score (nSPS) is 15.3. The van der Waals surface area contributed by atoms with Gasteiger partial charge in [0.25, 0.3) is 0 Å². The third-order valence-electron chi connectivity index (χ3n) is 3.99. The Balaban J connectivity index is 1.47. The predicted molar refractivity (Wildman–Crippen MR) is 83.8 cm³/mol. The number of anilines is 1. The van der Waals surface area contributed by atoms with Crippen molar-refractivity contribution in [2.45, 2.75) is 12.7 Å². The maximum absolute atomic E-state index is 12.5. The summed E-state index contributed by atoms with van der Waals surface area (Å²) >= 11 is 0. The molecule has 1 aromatic carbocycles. The van der Waals surface area contributed by atoms with Crippen LogP contribution in [0.1, 0.15) is 11.1 Å². The Labute approximate surface area is 141 Å². The van der Waals surface area contributed by atoms with Crippen molar-refractivity contribution >= 4 is 12.0 Å². The first-order valence-electron chi connectivity index (χ1n) is 7.73. The third-order valence-corrected chi connectivity index (χ3v) is 3.99. The molecule has 0 aliphatic carbocycles. The van der Waals surface area contributed by atoms with E-state index < -0.39 is 11.7 Å². The zero-order valence-electron chi connectivity index (χ0n) is 13.3. The van der Waals surface area contributed by atoms with Gasteiger partial charge >= 0.3 is 12.2 Å². The molecule has 3 rings (SSSR count). The lowest BCUT2D eigenvalue weighted by Crippen LogP contribution is -2.52. The van der Waals surface area contributed by atoms with Gasteiger partial charge in [0.05, 0.1) is 5.56 Å². The first-order valence-corrected chi connectivity index (χ1v) is 7.73. The third kappa shape index (κ3) is 4.20. The quantitative estimate of drug-likeness (QED) is 0.882. The van der Waals surface area contributed by atoms with Crippen molar-refractivity contribution < 1.29 is 18.0 Å². The molecule has 1 saturated heterocycles. The van der Waals surface area contributed by atoms with E-state index in [9.17, 15) is 18.0 Å². The van der Waals surface area contributed by atoms with Gasteiger partial charge in [-0.2, -0.15) is 23.3 Å². The summed E-state index contributed by atoms with van der Waals surface area (Å²) in [5, 5.41) is 9.30. The monoisotopic (exact) mass is 354 g/mol. The number of nitrogens with one attached hydrogen (secondary N) is 2. The number of aromatic nitrogens is 3. The van der Waals surface area contributed by atoms with Crippen LogP contribution in [0.3, 0.4) is 0 Å². The van der Waals surface area contributed by atoms with Gasteiger partial charge < -0.3 is 15.1 Å². The highest BCUT2D eigenvalue weighted by Gasteiger charge is 2.30. The predicted octanol–water partition coefficient (Wildman–Crippen LogP) is 1.86. The van der Waals surface area contributed by atoms with Crippen molar-refractivity contribution in [2.75, 3.05) is 31.1 Å². The molecule has 25 heavy (non-hydrogen) atoms. The number of nitrogens with zero attached hydrogens (tertiary/aromatic N) is 4. The number of alkyl halides is 3. The number of H-pyrrole nitrogens is 1. The fraction of sp³-hybridized carbons (Fsp3) is 0.400. The summed E-state index contributed by atoms with van der Waals surface area (Å²) in [6.45, 7) is 2.49. The number of hydrogen-bond donors (Lipinski definition) is 2. The van der Waals surface area contributed by atoms with E-state index in [0.717, 1.165) is 12.1 Å². The summed E-state index contributed by atoms with van der Waals surface area (Å²) in [6.07, 6.45) is -2.93. The SMILES string of the molecule is O=C(NCc1ccc(C(F)(F)F)cc1)N1CCN(c2ncn[nH]2)CC1. The van der Waals surface area contributed by atoms with Crippen LogP contribution in [0.4, 0.5) is 23.9 Å². The number of piperazine rings is 1. The molecule has 7 nitrogen and oxygen atoms in total. The summed E-state index contributed by atoms with van der Waals surface area (Å²) in [5.74, 6) is 0.671. The number of carbonyl (C=O) groups is 1. The Bertz CT molecular complexity index is 693. The largest absolute Gasteiger partial charge is 0.416 e. The van der Waals surface area contributed by atoms with Gasteiger partial charge in [-0.3, -0.25) is 0 Å². The van der Waals surface area contributed by atoms with Crippen LogP contribution in [-0.2, 0) is 12.7 Å². The molecule has 0 radical (unpaired) electrons. The van der Waals surface area contributed by atoms with E-state index in [0.29, 0.717) is 37.7 Å². The number of urea groups is 1. The van der Waals surface area contributed by atoms with Crippen LogP contribution in [0, 0.1) is 0 Å². The molecule has 0 bridgehead atoms. The Kier molecular flexibility index (Phi) is 4.77. The standard InChI is InChI=1S/C15H17F3N6O/c16-15(17,18)12-3-1-11(2-4-12)9-19-14(25)24-7-5-23(6-8-24)13-20-10-21-22-13/h1-4,10H,5-9H2,(H,19,25)(H,20,21,22). The van der Waals surface area contributed by atoms with E-state index in [1.807, 2.05) is 4.90 Å². The smallest absolute Gasteiger partial charge is 0.338 e. The highest BCUT2D eigenvalue weighted by molar-refractivity contribution is 5.74. The van der Waals surface area contributed by atoms with Gasteiger partial charge in [0.2, 0.25) is 5.95 Å². The van der Waals surface area contributed by atoms with Gasteiger partial charge in [0.1, 0.15) is 6.33 Å². The lowest BCUT2D eigenvalue weighted by molar-refractivity contribution is -0.137.